The zero-order chi connectivity index (χ0) is 17.4. The first-order valence-electron chi connectivity index (χ1n) is 8.23. The van der Waals surface area contributed by atoms with E-state index in [-0.39, 0.29) is 5.82 Å². The maximum atomic E-state index is 13.1. The van der Waals surface area contributed by atoms with Gasteiger partial charge in [0.25, 0.3) is 0 Å². The smallest absolute Gasteiger partial charge is 0.191 e. The fourth-order valence-electron chi connectivity index (χ4n) is 2.27. The molecule has 2 N–H and O–H groups in total. The highest BCUT2D eigenvalue weighted by molar-refractivity contribution is 5.79. The number of halogens is 1. The summed E-state index contributed by atoms with van der Waals surface area (Å²) in [4.78, 5) is 4.18. The number of aromatic nitrogens is 1. The lowest BCUT2D eigenvalue weighted by molar-refractivity contribution is 0.372. The second-order valence-corrected chi connectivity index (χ2v) is 5.96. The van der Waals surface area contributed by atoms with Crippen LogP contribution in [-0.2, 0) is 13.0 Å². The van der Waals surface area contributed by atoms with Crippen LogP contribution in [0.15, 0.2) is 39.8 Å². The highest BCUT2D eigenvalue weighted by Gasteiger charge is 2.08. The summed E-state index contributed by atoms with van der Waals surface area (Å²) in [5.74, 6) is 1.65. The Morgan fingerprint density at radius 1 is 1.29 bits per heavy atom. The molecule has 0 aliphatic rings. The van der Waals surface area contributed by atoms with Gasteiger partial charge in [0, 0.05) is 19.7 Å². The van der Waals surface area contributed by atoms with Crippen LogP contribution in [0.3, 0.4) is 0 Å². The van der Waals surface area contributed by atoms with E-state index in [0.717, 1.165) is 36.4 Å². The average Bonchev–Trinajstić information content (AvgIpc) is 3.03. The summed E-state index contributed by atoms with van der Waals surface area (Å²) in [6.07, 6.45) is 1.71. The molecule has 24 heavy (non-hydrogen) atoms. The molecule has 0 aliphatic heterocycles. The van der Waals surface area contributed by atoms with Gasteiger partial charge in [-0.05, 0) is 36.5 Å². The van der Waals surface area contributed by atoms with E-state index < -0.39 is 0 Å². The molecule has 0 fully saturated rings. The van der Waals surface area contributed by atoms with Crippen molar-refractivity contribution in [2.45, 2.75) is 39.2 Å². The first-order chi connectivity index (χ1) is 11.6. The Kier molecular flexibility index (Phi) is 6.78. The maximum absolute atomic E-state index is 13.1. The summed E-state index contributed by atoms with van der Waals surface area (Å²) in [5.41, 5.74) is 1.95. The third-order valence-corrected chi connectivity index (χ3v) is 3.65. The van der Waals surface area contributed by atoms with Crippen LogP contribution in [0.4, 0.5) is 4.39 Å². The molecule has 0 aliphatic carbocycles. The molecule has 0 unspecified atom stereocenters. The third kappa shape index (κ3) is 5.68. The molecule has 0 spiro atoms. The molecule has 0 saturated heterocycles. The number of aryl methyl sites for hydroxylation is 1. The lowest BCUT2D eigenvalue weighted by Crippen LogP contribution is -2.37. The van der Waals surface area contributed by atoms with Crippen LogP contribution in [0, 0.1) is 5.82 Å². The van der Waals surface area contributed by atoms with E-state index in [1.165, 1.54) is 6.07 Å². The van der Waals surface area contributed by atoms with Gasteiger partial charge in [-0.25, -0.2) is 4.39 Å². The van der Waals surface area contributed by atoms with Crippen molar-refractivity contribution in [1.82, 2.24) is 15.8 Å². The Balaban J connectivity index is 1.70. The van der Waals surface area contributed by atoms with Gasteiger partial charge in [0.1, 0.15) is 5.82 Å². The third-order valence-electron chi connectivity index (χ3n) is 3.65. The average molecular weight is 332 g/mol. The van der Waals surface area contributed by atoms with Gasteiger partial charge in [-0.15, -0.1) is 0 Å². The van der Waals surface area contributed by atoms with Crippen LogP contribution >= 0.6 is 0 Å². The van der Waals surface area contributed by atoms with E-state index in [0.29, 0.717) is 18.4 Å². The number of rotatable bonds is 7. The summed E-state index contributed by atoms with van der Waals surface area (Å²) in [6, 6.07) is 8.66. The van der Waals surface area contributed by atoms with Crippen molar-refractivity contribution in [3.63, 3.8) is 0 Å². The summed E-state index contributed by atoms with van der Waals surface area (Å²) in [7, 11) is 1.72. The van der Waals surface area contributed by atoms with Crippen LogP contribution in [0.5, 0.6) is 0 Å². The van der Waals surface area contributed by atoms with Crippen LogP contribution in [0.25, 0.3) is 0 Å². The van der Waals surface area contributed by atoms with E-state index >= 15 is 0 Å². The van der Waals surface area contributed by atoms with Crippen molar-refractivity contribution >= 4 is 5.96 Å². The molecular formula is C18H25FN4O. The minimum atomic E-state index is -0.189. The van der Waals surface area contributed by atoms with E-state index in [1.807, 2.05) is 12.1 Å². The number of hydrogen-bond acceptors (Lipinski definition) is 3. The van der Waals surface area contributed by atoms with E-state index in [4.69, 9.17) is 4.52 Å². The molecule has 1 aromatic heterocycles. The summed E-state index contributed by atoms with van der Waals surface area (Å²) >= 11 is 0. The number of aliphatic imine (C=N–C) groups is 1. The van der Waals surface area contributed by atoms with Crippen LogP contribution in [0.1, 0.15) is 43.2 Å². The van der Waals surface area contributed by atoms with Gasteiger partial charge >= 0.3 is 0 Å². The zero-order valence-corrected chi connectivity index (χ0v) is 14.5. The zero-order valence-electron chi connectivity index (χ0n) is 14.5. The van der Waals surface area contributed by atoms with Gasteiger partial charge in [0.2, 0.25) is 0 Å². The number of nitrogens with zero attached hydrogens (tertiary/aromatic N) is 2. The monoisotopic (exact) mass is 332 g/mol. The molecule has 6 heteroatoms. The molecule has 0 atom stereocenters. The molecule has 2 aromatic rings. The predicted octanol–water partition coefficient (Wildman–Crippen LogP) is 3.23. The van der Waals surface area contributed by atoms with Crippen molar-refractivity contribution in [2.75, 3.05) is 13.6 Å². The normalized spacial score (nSPS) is 11.8. The fourth-order valence-corrected chi connectivity index (χ4v) is 2.27. The first kappa shape index (κ1) is 18.0. The van der Waals surface area contributed by atoms with E-state index in [9.17, 15) is 4.39 Å². The highest BCUT2D eigenvalue weighted by atomic mass is 19.1. The second-order valence-electron chi connectivity index (χ2n) is 5.96. The van der Waals surface area contributed by atoms with Crippen molar-refractivity contribution in [2.24, 2.45) is 4.99 Å². The molecule has 0 radical (unpaired) electrons. The van der Waals surface area contributed by atoms with Crippen molar-refractivity contribution in [1.29, 1.82) is 0 Å². The molecule has 130 valence electrons. The Morgan fingerprint density at radius 2 is 2.12 bits per heavy atom. The van der Waals surface area contributed by atoms with Crippen molar-refractivity contribution in [3.8, 4) is 0 Å². The second kappa shape index (κ2) is 9.05. The van der Waals surface area contributed by atoms with Crippen LogP contribution in [-0.4, -0.2) is 24.7 Å². The number of nitrogens with one attached hydrogen (secondary N) is 2. The molecule has 0 amide bonds. The molecule has 0 bridgehead atoms. The molecule has 5 nitrogen and oxygen atoms in total. The van der Waals surface area contributed by atoms with Gasteiger partial charge in [-0.3, -0.25) is 4.99 Å². The van der Waals surface area contributed by atoms with Gasteiger partial charge < -0.3 is 15.2 Å². The quantitative estimate of drug-likeness (QED) is 0.464. The van der Waals surface area contributed by atoms with E-state index in [1.54, 1.807) is 19.2 Å². The molecular weight excluding hydrogens is 307 g/mol. The lowest BCUT2D eigenvalue weighted by atomic mass is 10.1. The number of guanidine groups is 1. The summed E-state index contributed by atoms with van der Waals surface area (Å²) in [6.45, 7) is 5.44. The Labute approximate surface area is 142 Å². The molecule has 0 saturated carbocycles. The first-order valence-corrected chi connectivity index (χ1v) is 8.23. The summed E-state index contributed by atoms with van der Waals surface area (Å²) in [5, 5.41) is 10.5. The van der Waals surface area contributed by atoms with Crippen molar-refractivity contribution < 1.29 is 8.91 Å². The fraction of sp³-hybridized carbons (Fsp3) is 0.444. The minimum absolute atomic E-state index is 0.189. The van der Waals surface area contributed by atoms with Crippen LogP contribution < -0.4 is 10.6 Å². The molecule has 2 rings (SSSR count). The largest absolute Gasteiger partial charge is 0.359 e. The Hall–Kier alpha value is -2.37. The number of benzene rings is 1. The van der Waals surface area contributed by atoms with Gasteiger partial charge in [-0.1, -0.05) is 31.1 Å². The van der Waals surface area contributed by atoms with E-state index in [2.05, 4.69) is 34.6 Å². The van der Waals surface area contributed by atoms with Crippen molar-refractivity contribution in [3.05, 3.63) is 53.2 Å². The SMILES string of the molecule is CN=C(NCCCc1cccc(F)c1)NCc1cc(C(C)C)no1. The summed E-state index contributed by atoms with van der Waals surface area (Å²) < 4.78 is 18.4. The standard InChI is InChI=1S/C18H25FN4O/c1-13(2)17-11-16(24-23-17)12-22-18(20-3)21-9-5-7-14-6-4-8-15(19)10-14/h4,6,8,10-11,13H,5,7,9,12H2,1-3H3,(H2,20,21,22). The maximum Gasteiger partial charge on any atom is 0.191 e. The topological polar surface area (TPSA) is 62.5 Å². The number of hydrogen-bond donors (Lipinski definition) is 2. The van der Waals surface area contributed by atoms with Gasteiger partial charge in [0.05, 0.1) is 12.2 Å². The molecule has 1 heterocycles. The van der Waals surface area contributed by atoms with Crippen LogP contribution in [0.2, 0.25) is 0 Å². The Morgan fingerprint density at radius 3 is 2.79 bits per heavy atom. The Bertz CT molecular complexity index is 667. The predicted molar refractivity (Wildman–Crippen MR) is 93.5 cm³/mol. The highest BCUT2D eigenvalue weighted by Crippen LogP contribution is 2.13. The molecule has 1 aromatic carbocycles. The lowest BCUT2D eigenvalue weighted by Gasteiger charge is -2.10. The van der Waals surface area contributed by atoms with Gasteiger partial charge in [-0.2, -0.15) is 0 Å². The minimum Gasteiger partial charge on any atom is -0.359 e. The van der Waals surface area contributed by atoms with Gasteiger partial charge in [0.15, 0.2) is 11.7 Å².